The maximum absolute atomic E-state index is 14.5. The monoisotopic (exact) mass is 499 g/mol. The standard InChI is InChI=1S/C25H27ClFN5O3/c1-3-9-31-10-7-25(8-11-31)14-32(24(33)35-25)20-12-16-19(13-21(20)34-2)28-15-29-23(16)30-18-6-4-5-17(26)22(18)27/h4-6,12-13,15H,3,7-11,14H2,1-2H3,(H,28,29,30). The fraction of sp³-hybridized carbons (Fsp3) is 0.400. The number of nitrogens with zero attached hydrogens (tertiary/aromatic N) is 4. The van der Waals surface area contributed by atoms with E-state index in [-0.39, 0.29) is 10.7 Å². The van der Waals surface area contributed by atoms with Crippen LogP contribution in [0, 0.1) is 5.82 Å². The highest BCUT2D eigenvalue weighted by Crippen LogP contribution is 2.41. The van der Waals surface area contributed by atoms with Crippen LogP contribution in [0.1, 0.15) is 26.2 Å². The van der Waals surface area contributed by atoms with Crippen LogP contribution in [0.4, 0.5) is 26.4 Å². The Balaban J connectivity index is 1.49. The lowest BCUT2D eigenvalue weighted by Crippen LogP contribution is -2.47. The van der Waals surface area contributed by atoms with Crippen LogP contribution in [0.2, 0.25) is 5.02 Å². The van der Waals surface area contributed by atoms with E-state index in [0.29, 0.717) is 34.7 Å². The van der Waals surface area contributed by atoms with Gasteiger partial charge in [-0.3, -0.25) is 4.90 Å². The number of carbonyl (C=O) groups excluding carboxylic acids is 1. The van der Waals surface area contributed by atoms with Gasteiger partial charge in [-0.1, -0.05) is 24.6 Å². The van der Waals surface area contributed by atoms with Gasteiger partial charge in [0.15, 0.2) is 5.82 Å². The summed E-state index contributed by atoms with van der Waals surface area (Å²) in [5, 5.41) is 3.62. The third kappa shape index (κ3) is 4.46. The lowest BCUT2D eigenvalue weighted by Gasteiger charge is -2.37. The number of nitrogens with one attached hydrogen (secondary N) is 1. The fourth-order valence-electron chi connectivity index (χ4n) is 4.84. The minimum absolute atomic E-state index is 0.00538. The largest absolute Gasteiger partial charge is 0.494 e. The zero-order valence-corrected chi connectivity index (χ0v) is 20.4. The molecular formula is C25H27ClFN5O3. The summed E-state index contributed by atoms with van der Waals surface area (Å²) in [6, 6.07) is 8.23. The number of hydrogen-bond acceptors (Lipinski definition) is 7. The number of anilines is 3. The molecule has 0 atom stereocenters. The molecule has 0 bridgehead atoms. The SMILES string of the molecule is CCCN1CCC2(CC1)CN(c1cc3c(Nc4cccc(Cl)c4F)ncnc3cc1OC)C(=O)O2. The lowest BCUT2D eigenvalue weighted by molar-refractivity contribution is 0.00104. The number of fused-ring (bicyclic) bond motifs is 1. The topological polar surface area (TPSA) is 79.8 Å². The van der Waals surface area contributed by atoms with Gasteiger partial charge >= 0.3 is 6.09 Å². The average molecular weight is 500 g/mol. The third-order valence-corrected chi connectivity index (χ3v) is 7.00. The lowest BCUT2D eigenvalue weighted by atomic mass is 9.91. The summed E-state index contributed by atoms with van der Waals surface area (Å²) in [6.45, 7) is 5.46. The zero-order valence-electron chi connectivity index (χ0n) is 19.7. The summed E-state index contributed by atoms with van der Waals surface area (Å²) in [5.41, 5.74) is 0.815. The summed E-state index contributed by atoms with van der Waals surface area (Å²) in [7, 11) is 1.55. The quantitative estimate of drug-likeness (QED) is 0.488. The Hall–Kier alpha value is -3.17. The first-order valence-electron chi connectivity index (χ1n) is 11.7. The van der Waals surface area contributed by atoms with Gasteiger partial charge in [0.1, 0.15) is 23.5 Å². The molecule has 2 fully saturated rings. The van der Waals surface area contributed by atoms with Crippen LogP contribution < -0.4 is 15.0 Å². The highest BCUT2D eigenvalue weighted by molar-refractivity contribution is 6.31. The second kappa shape index (κ2) is 9.47. The van der Waals surface area contributed by atoms with Gasteiger partial charge in [-0.25, -0.2) is 19.2 Å². The Morgan fingerprint density at radius 2 is 2.06 bits per heavy atom. The molecule has 5 rings (SSSR count). The minimum atomic E-state index is -0.575. The first-order chi connectivity index (χ1) is 16.9. The number of benzene rings is 2. The van der Waals surface area contributed by atoms with E-state index in [1.807, 2.05) is 0 Å². The zero-order chi connectivity index (χ0) is 24.6. The van der Waals surface area contributed by atoms with Crippen LogP contribution in [0.3, 0.4) is 0 Å². The smallest absolute Gasteiger partial charge is 0.415 e. The van der Waals surface area contributed by atoms with Crippen LogP contribution in [0.5, 0.6) is 5.75 Å². The van der Waals surface area contributed by atoms with E-state index in [2.05, 4.69) is 27.1 Å². The predicted octanol–water partition coefficient (Wildman–Crippen LogP) is 5.38. The maximum atomic E-state index is 14.5. The number of amides is 1. The van der Waals surface area contributed by atoms with Crippen LogP contribution in [0.15, 0.2) is 36.7 Å². The molecule has 0 saturated carbocycles. The summed E-state index contributed by atoms with van der Waals surface area (Å²) in [5.74, 6) is 0.304. The number of carbonyl (C=O) groups is 1. The van der Waals surface area contributed by atoms with Gasteiger partial charge in [0.25, 0.3) is 0 Å². The molecule has 2 aliphatic rings. The van der Waals surface area contributed by atoms with Gasteiger partial charge in [-0.15, -0.1) is 0 Å². The Kier molecular flexibility index (Phi) is 6.37. The van der Waals surface area contributed by atoms with Gasteiger partial charge in [-0.2, -0.15) is 0 Å². The number of aromatic nitrogens is 2. The van der Waals surface area contributed by atoms with E-state index in [9.17, 15) is 9.18 Å². The van der Waals surface area contributed by atoms with Crippen LogP contribution in [-0.2, 0) is 4.74 Å². The molecule has 184 valence electrons. The van der Waals surface area contributed by atoms with Crippen molar-refractivity contribution in [3.8, 4) is 5.75 Å². The summed E-state index contributed by atoms with van der Waals surface area (Å²) in [4.78, 5) is 25.7. The molecule has 1 spiro atoms. The molecular weight excluding hydrogens is 473 g/mol. The Morgan fingerprint density at radius 3 is 2.80 bits per heavy atom. The number of methoxy groups -OCH3 is 1. The number of hydrogen-bond donors (Lipinski definition) is 1. The Bertz CT molecular complexity index is 1270. The van der Waals surface area contributed by atoms with Crippen molar-refractivity contribution >= 4 is 45.8 Å². The van der Waals surface area contributed by atoms with E-state index in [0.717, 1.165) is 38.9 Å². The van der Waals surface area contributed by atoms with Crippen molar-refractivity contribution in [3.05, 3.63) is 47.5 Å². The summed E-state index contributed by atoms with van der Waals surface area (Å²) in [6.07, 6.45) is 3.66. The molecule has 0 unspecified atom stereocenters. The van der Waals surface area contributed by atoms with Crippen LogP contribution >= 0.6 is 11.6 Å². The van der Waals surface area contributed by atoms with Gasteiger partial charge in [0, 0.05) is 37.4 Å². The second-order valence-electron chi connectivity index (χ2n) is 8.97. The van der Waals surface area contributed by atoms with Crippen molar-refractivity contribution < 1.29 is 18.7 Å². The molecule has 2 aliphatic heterocycles. The van der Waals surface area contributed by atoms with Crippen molar-refractivity contribution in [3.63, 3.8) is 0 Å². The van der Waals surface area contributed by atoms with Gasteiger partial charge < -0.3 is 19.7 Å². The molecule has 3 aromatic rings. The Morgan fingerprint density at radius 1 is 1.26 bits per heavy atom. The second-order valence-corrected chi connectivity index (χ2v) is 9.38. The molecule has 1 aromatic heterocycles. The van der Waals surface area contributed by atoms with Gasteiger partial charge in [0.05, 0.1) is 35.6 Å². The first-order valence-corrected chi connectivity index (χ1v) is 12.1. The number of ether oxygens (including phenoxy) is 2. The number of halogens is 2. The van der Waals surface area contributed by atoms with Crippen LogP contribution in [0.25, 0.3) is 10.9 Å². The fourth-order valence-corrected chi connectivity index (χ4v) is 5.02. The molecule has 10 heteroatoms. The molecule has 35 heavy (non-hydrogen) atoms. The molecule has 0 radical (unpaired) electrons. The number of rotatable bonds is 6. The van der Waals surface area contributed by atoms with E-state index in [1.165, 1.54) is 12.4 Å². The van der Waals surface area contributed by atoms with E-state index in [4.69, 9.17) is 21.1 Å². The van der Waals surface area contributed by atoms with Gasteiger partial charge in [-0.05, 0) is 31.2 Å². The minimum Gasteiger partial charge on any atom is -0.494 e. The van der Waals surface area contributed by atoms with Crippen molar-refractivity contribution in [2.45, 2.75) is 31.8 Å². The maximum Gasteiger partial charge on any atom is 0.415 e. The summed E-state index contributed by atoms with van der Waals surface area (Å²) >= 11 is 5.94. The summed E-state index contributed by atoms with van der Waals surface area (Å²) < 4.78 is 26.1. The molecule has 8 nitrogen and oxygen atoms in total. The molecule has 1 N–H and O–H groups in total. The third-order valence-electron chi connectivity index (χ3n) is 6.71. The normalized spacial score (nSPS) is 17.7. The van der Waals surface area contributed by atoms with Crippen molar-refractivity contribution in [1.29, 1.82) is 0 Å². The number of piperidine rings is 1. The molecule has 2 saturated heterocycles. The molecule has 3 heterocycles. The van der Waals surface area contributed by atoms with E-state index in [1.54, 1.807) is 36.3 Å². The molecule has 0 aliphatic carbocycles. The van der Waals surface area contributed by atoms with Gasteiger partial charge in [0.2, 0.25) is 0 Å². The predicted molar refractivity (Wildman–Crippen MR) is 133 cm³/mol. The first kappa shape index (κ1) is 23.6. The van der Waals surface area contributed by atoms with Crippen LogP contribution in [-0.4, -0.2) is 59.9 Å². The van der Waals surface area contributed by atoms with Crippen molar-refractivity contribution in [1.82, 2.24) is 14.9 Å². The van der Waals surface area contributed by atoms with Crippen molar-refractivity contribution in [2.24, 2.45) is 0 Å². The highest BCUT2D eigenvalue weighted by atomic mass is 35.5. The van der Waals surface area contributed by atoms with E-state index >= 15 is 0 Å². The Labute approximate surface area is 208 Å². The van der Waals surface area contributed by atoms with Crippen molar-refractivity contribution in [2.75, 3.05) is 43.5 Å². The highest BCUT2D eigenvalue weighted by Gasteiger charge is 2.48. The molecule has 2 aromatic carbocycles. The number of likely N-dealkylation sites (tertiary alicyclic amines) is 1. The molecule has 1 amide bonds. The van der Waals surface area contributed by atoms with E-state index < -0.39 is 17.5 Å². The average Bonchev–Trinajstić information content (AvgIpc) is 3.18.